The number of thiophene rings is 1. The summed E-state index contributed by atoms with van der Waals surface area (Å²) >= 11 is 3.19. The quantitative estimate of drug-likeness (QED) is 0.841. The summed E-state index contributed by atoms with van der Waals surface area (Å²) in [4.78, 5) is 1.14. The second-order valence-corrected chi connectivity index (χ2v) is 4.96. The van der Waals surface area contributed by atoms with Gasteiger partial charge in [0.15, 0.2) is 0 Å². The fourth-order valence-electron chi connectivity index (χ4n) is 1.02. The van der Waals surface area contributed by atoms with Crippen LogP contribution in [0.3, 0.4) is 0 Å². The van der Waals surface area contributed by atoms with Crippen molar-refractivity contribution in [3.05, 3.63) is 21.3 Å². The van der Waals surface area contributed by atoms with Gasteiger partial charge >= 0.3 is 0 Å². The number of rotatable bonds is 3. The zero-order valence-corrected chi connectivity index (χ0v) is 9.28. The van der Waals surface area contributed by atoms with Gasteiger partial charge in [0.1, 0.15) is 5.01 Å². The maximum Gasteiger partial charge on any atom is 0.205 e. The second kappa shape index (κ2) is 3.93. The average molecular weight is 226 g/mol. The van der Waals surface area contributed by atoms with Gasteiger partial charge in [0.2, 0.25) is 5.13 Å². The first kappa shape index (κ1) is 9.42. The van der Waals surface area contributed by atoms with E-state index < -0.39 is 0 Å². The molecular formula is C8H10N4S2. The van der Waals surface area contributed by atoms with Crippen molar-refractivity contribution >= 4 is 33.5 Å². The van der Waals surface area contributed by atoms with Gasteiger partial charge in [-0.3, -0.25) is 0 Å². The Morgan fingerprint density at radius 2 is 2.36 bits per heavy atom. The van der Waals surface area contributed by atoms with Crippen LogP contribution >= 0.6 is 22.7 Å². The SMILES string of the molecule is Cc1nnc(NCc2sccc2N)s1. The molecule has 0 aliphatic rings. The molecular weight excluding hydrogens is 216 g/mol. The first-order valence-corrected chi connectivity index (χ1v) is 5.81. The van der Waals surface area contributed by atoms with Gasteiger partial charge in [-0.2, -0.15) is 0 Å². The van der Waals surface area contributed by atoms with E-state index in [1.54, 1.807) is 22.7 Å². The van der Waals surface area contributed by atoms with Crippen molar-refractivity contribution in [1.82, 2.24) is 10.2 Å². The predicted octanol–water partition coefficient (Wildman–Crippen LogP) is 2.10. The first-order chi connectivity index (χ1) is 6.75. The fraction of sp³-hybridized carbons (Fsp3) is 0.250. The Labute approximate surface area is 89.8 Å². The Hall–Kier alpha value is -1.14. The van der Waals surface area contributed by atoms with Crippen LogP contribution in [0.15, 0.2) is 11.4 Å². The normalized spacial score (nSPS) is 10.4. The Balaban J connectivity index is 1.98. The Morgan fingerprint density at radius 3 is 2.93 bits per heavy atom. The monoisotopic (exact) mass is 226 g/mol. The molecule has 0 saturated carbocycles. The van der Waals surface area contributed by atoms with Gasteiger partial charge < -0.3 is 11.1 Å². The Bertz CT molecular complexity index is 420. The predicted molar refractivity (Wildman–Crippen MR) is 60.7 cm³/mol. The van der Waals surface area contributed by atoms with Gasteiger partial charge in [-0.25, -0.2) is 0 Å². The third kappa shape index (κ3) is 2.02. The molecule has 0 aromatic carbocycles. The standard InChI is InChI=1S/C8H10N4S2/c1-5-11-12-8(14-5)10-4-7-6(9)2-3-13-7/h2-3H,4,9H2,1H3,(H,10,12). The van der Waals surface area contributed by atoms with Crippen molar-refractivity contribution in [2.24, 2.45) is 0 Å². The van der Waals surface area contributed by atoms with E-state index >= 15 is 0 Å². The highest BCUT2D eigenvalue weighted by atomic mass is 32.1. The van der Waals surface area contributed by atoms with E-state index in [-0.39, 0.29) is 0 Å². The topological polar surface area (TPSA) is 63.8 Å². The fourth-order valence-corrected chi connectivity index (χ4v) is 2.34. The summed E-state index contributed by atoms with van der Waals surface area (Å²) in [5, 5.41) is 14.9. The maximum atomic E-state index is 5.75. The van der Waals surface area contributed by atoms with E-state index in [2.05, 4.69) is 15.5 Å². The molecule has 14 heavy (non-hydrogen) atoms. The summed E-state index contributed by atoms with van der Waals surface area (Å²) in [6, 6.07) is 1.91. The molecule has 0 aliphatic carbocycles. The minimum atomic E-state index is 0.720. The lowest BCUT2D eigenvalue weighted by Crippen LogP contribution is -1.99. The van der Waals surface area contributed by atoms with Crippen molar-refractivity contribution in [3.8, 4) is 0 Å². The van der Waals surface area contributed by atoms with Crippen LogP contribution in [-0.4, -0.2) is 10.2 Å². The van der Waals surface area contributed by atoms with Crippen molar-refractivity contribution < 1.29 is 0 Å². The van der Waals surface area contributed by atoms with Crippen LogP contribution in [0.25, 0.3) is 0 Å². The molecule has 0 bridgehead atoms. The van der Waals surface area contributed by atoms with Crippen molar-refractivity contribution in [2.75, 3.05) is 11.1 Å². The van der Waals surface area contributed by atoms with Crippen molar-refractivity contribution in [2.45, 2.75) is 13.5 Å². The highest BCUT2D eigenvalue weighted by molar-refractivity contribution is 7.15. The number of nitrogens with one attached hydrogen (secondary N) is 1. The van der Waals surface area contributed by atoms with Gasteiger partial charge in [0, 0.05) is 10.6 Å². The summed E-state index contributed by atoms with van der Waals surface area (Å²) in [7, 11) is 0. The molecule has 0 aliphatic heterocycles. The number of nitrogens with zero attached hydrogens (tertiary/aromatic N) is 2. The third-order valence-corrected chi connectivity index (χ3v) is 3.44. The molecule has 74 valence electrons. The number of aromatic nitrogens is 2. The van der Waals surface area contributed by atoms with E-state index in [1.807, 2.05) is 18.4 Å². The zero-order valence-electron chi connectivity index (χ0n) is 7.65. The number of nitrogen functional groups attached to an aromatic ring is 1. The van der Waals surface area contributed by atoms with E-state index in [1.165, 1.54) is 0 Å². The van der Waals surface area contributed by atoms with Crippen molar-refractivity contribution in [1.29, 1.82) is 0 Å². The number of hydrogen-bond donors (Lipinski definition) is 2. The van der Waals surface area contributed by atoms with Crippen LogP contribution < -0.4 is 11.1 Å². The summed E-state index contributed by atoms with van der Waals surface area (Å²) in [5.74, 6) is 0. The van der Waals surface area contributed by atoms with Crippen LogP contribution in [0.5, 0.6) is 0 Å². The summed E-state index contributed by atoms with van der Waals surface area (Å²) in [6.07, 6.45) is 0. The van der Waals surface area contributed by atoms with Gasteiger partial charge in [-0.05, 0) is 18.4 Å². The minimum Gasteiger partial charge on any atom is -0.398 e. The molecule has 4 nitrogen and oxygen atoms in total. The van der Waals surface area contributed by atoms with E-state index in [0.29, 0.717) is 0 Å². The zero-order chi connectivity index (χ0) is 9.97. The largest absolute Gasteiger partial charge is 0.398 e. The Kier molecular flexibility index (Phi) is 2.64. The molecule has 6 heteroatoms. The second-order valence-electron chi connectivity index (χ2n) is 2.78. The summed E-state index contributed by atoms with van der Waals surface area (Å²) in [5.41, 5.74) is 6.58. The third-order valence-electron chi connectivity index (χ3n) is 1.71. The van der Waals surface area contributed by atoms with Crippen molar-refractivity contribution in [3.63, 3.8) is 0 Å². The number of anilines is 2. The maximum absolute atomic E-state index is 5.75. The highest BCUT2D eigenvalue weighted by Crippen LogP contribution is 2.21. The first-order valence-electron chi connectivity index (χ1n) is 4.11. The molecule has 0 saturated heterocycles. The molecule has 0 amide bonds. The van der Waals surface area contributed by atoms with Crippen LogP contribution in [0, 0.1) is 6.92 Å². The van der Waals surface area contributed by atoms with Crippen LogP contribution in [0.4, 0.5) is 10.8 Å². The van der Waals surface area contributed by atoms with Gasteiger partial charge in [-0.1, -0.05) is 11.3 Å². The molecule has 0 spiro atoms. The molecule has 2 aromatic rings. The van der Waals surface area contributed by atoms with Gasteiger partial charge in [0.25, 0.3) is 0 Å². The lowest BCUT2D eigenvalue weighted by molar-refractivity contribution is 1.03. The molecule has 0 radical (unpaired) electrons. The number of hydrogen-bond acceptors (Lipinski definition) is 6. The average Bonchev–Trinajstić information content (AvgIpc) is 2.72. The van der Waals surface area contributed by atoms with Gasteiger partial charge in [0.05, 0.1) is 6.54 Å². The number of aryl methyl sites for hydroxylation is 1. The molecule has 2 rings (SSSR count). The molecule has 0 atom stereocenters. The van der Waals surface area contributed by atoms with E-state index in [4.69, 9.17) is 5.73 Å². The van der Waals surface area contributed by atoms with Crippen LogP contribution in [0.2, 0.25) is 0 Å². The van der Waals surface area contributed by atoms with Crippen LogP contribution in [0.1, 0.15) is 9.88 Å². The van der Waals surface area contributed by atoms with Gasteiger partial charge in [-0.15, -0.1) is 21.5 Å². The lowest BCUT2D eigenvalue weighted by Gasteiger charge is -1.99. The Morgan fingerprint density at radius 1 is 1.50 bits per heavy atom. The molecule has 0 fully saturated rings. The molecule has 2 heterocycles. The highest BCUT2D eigenvalue weighted by Gasteiger charge is 2.02. The molecule has 3 N–H and O–H groups in total. The smallest absolute Gasteiger partial charge is 0.205 e. The summed E-state index contributed by atoms with van der Waals surface area (Å²) < 4.78 is 0. The van der Waals surface area contributed by atoms with E-state index in [0.717, 1.165) is 27.2 Å². The molecule has 2 aromatic heterocycles. The van der Waals surface area contributed by atoms with Crippen LogP contribution in [-0.2, 0) is 6.54 Å². The molecule has 0 unspecified atom stereocenters. The summed E-state index contributed by atoms with van der Waals surface area (Å²) in [6.45, 7) is 2.65. The number of nitrogens with two attached hydrogens (primary N) is 1. The lowest BCUT2D eigenvalue weighted by atomic mass is 10.4. The van der Waals surface area contributed by atoms with E-state index in [9.17, 15) is 0 Å². The minimum absolute atomic E-state index is 0.720.